The molecule has 2 N–H and O–H groups in total. The average Bonchev–Trinajstić information content (AvgIpc) is 2.92. The highest BCUT2D eigenvalue weighted by Crippen LogP contribution is 2.42. The second-order valence-electron chi connectivity index (χ2n) is 9.60. The Morgan fingerprint density at radius 3 is 2.58 bits per heavy atom. The molecule has 3 aromatic rings. The van der Waals surface area contributed by atoms with Crippen LogP contribution in [-0.2, 0) is 6.18 Å². The number of benzene rings is 2. The van der Waals surface area contributed by atoms with Gasteiger partial charge in [0.25, 0.3) is 5.91 Å². The molecule has 0 unspecified atom stereocenters. The number of fused-ring (bicyclic) bond motifs is 1. The van der Waals surface area contributed by atoms with Crippen LogP contribution >= 0.6 is 0 Å². The van der Waals surface area contributed by atoms with E-state index in [4.69, 9.17) is 4.74 Å². The fourth-order valence-corrected chi connectivity index (χ4v) is 4.99. The molecular weight excluding hydrogens is 497 g/mol. The zero-order chi connectivity index (χ0) is 26.9. The van der Waals surface area contributed by atoms with E-state index in [1.165, 1.54) is 12.1 Å². The maximum Gasteiger partial charge on any atom is 0.418 e. The lowest BCUT2D eigenvalue weighted by atomic mass is 10.0. The van der Waals surface area contributed by atoms with E-state index in [9.17, 15) is 23.1 Å². The molecule has 1 amide bonds. The Bertz CT molecular complexity index is 1310. The number of halogens is 3. The van der Waals surface area contributed by atoms with Gasteiger partial charge in [-0.05, 0) is 68.1 Å². The Balaban J connectivity index is 1.46. The maximum absolute atomic E-state index is 14.0. The molecule has 0 aliphatic carbocycles. The molecule has 5 rings (SSSR count). The average molecular weight is 527 g/mol. The Hall–Kier alpha value is -3.79. The van der Waals surface area contributed by atoms with Gasteiger partial charge in [-0.25, -0.2) is 4.98 Å². The van der Waals surface area contributed by atoms with E-state index < -0.39 is 23.7 Å². The predicted octanol–water partition coefficient (Wildman–Crippen LogP) is 5.54. The van der Waals surface area contributed by atoms with Gasteiger partial charge in [0.05, 0.1) is 29.5 Å². The van der Waals surface area contributed by atoms with Gasteiger partial charge >= 0.3 is 6.18 Å². The van der Waals surface area contributed by atoms with Crippen LogP contribution in [0.25, 0.3) is 0 Å². The van der Waals surface area contributed by atoms with Crippen molar-refractivity contribution in [1.29, 1.82) is 0 Å². The third-order valence-corrected chi connectivity index (χ3v) is 6.89. The number of ether oxygens (including phenoxy) is 1. The van der Waals surface area contributed by atoms with E-state index in [2.05, 4.69) is 10.3 Å². The molecule has 3 heterocycles. The number of aryl methyl sites for hydroxylation is 1. The highest BCUT2D eigenvalue weighted by Gasteiger charge is 2.36. The number of aliphatic hydroxyl groups excluding tert-OH is 1. The molecule has 1 fully saturated rings. The molecule has 0 spiro atoms. The number of anilines is 4. The number of piperidine rings is 1. The molecule has 38 heavy (non-hydrogen) atoms. The van der Waals surface area contributed by atoms with Crippen molar-refractivity contribution in [2.75, 3.05) is 41.4 Å². The van der Waals surface area contributed by atoms with Crippen molar-refractivity contribution in [2.45, 2.75) is 38.4 Å². The summed E-state index contributed by atoms with van der Waals surface area (Å²) in [5.74, 6) is 0.262. The third-order valence-electron chi connectivity index (χ3n) is 6.89. The lowest BCUT2D eigenvalue weighted by Crippen LogP contribution is -2.43. The van der Waals surface area contributed by atoms with Crippen molar-refractivity contribution >= 4 is 28.8 Å². The van der Waals surface area contributed by atoms with E-state index in [1.54, 1.807) is 29.3 Å². The minimum atomic E-state index is -4.57. The highest BCUT2D eigenvalue weighted by molar-refractivity contribution is 6.07. The summed E-state index contributed by atoms with van der Waals surface area (Å²) in [6.07, 6.45) is -0.154. The van der Waals surface area contributed by atoms with Gasteiger partial charge in [-0.2, -0.15) is 13.2 Å². The normalized spacial score (nSPS) is 17.6. The summed E-state index contributed by atoms with van der Waals surface area (Å²) in [6.45, 7) is 2.97. The first-order valence-corrected chi connectivity index (χ1v) is 12.6. The van der Waals surface area contributed by atoms with Crippen LogP contribution in [0.4, 0.5) is 36.1 Å². The summed E-state index contributed by atoms with van der Waals surface area (Å²) in [6, 6.07) is 12.2. The standard InChI is InChI=1S/C28H29F3N4O3/c1-18-8-11-25(32-15-18)35-20(16-36)17-38-26-21(6-5-7-24(26)35)27(37)33-19-9-10-23(22(14-19)28(29,30)31)34-12-3-2-4-13-34/h5-11,14-15,20,36H,2-4,12-13,16-17H2,1H3,(H,33,37)/t20-/m0/s1. The van der Waals surface area contributed by atoms with Crippen molar-refractivity contribution in [3.63, 3.8) is 0 Å². The van der Waals surface area contributed by atoms with Crippen LogP contribution in [0.2, 0.25) is 0 Å². The molecular formula is C28H29F3N4O3. The second kappa shape index (κ2) is 10.5. The largest absolute Gasteiger partial charge is 0.488 e. The number of pyridine rings is 1. The Kier molecular flexibility index (Phi) is 7.16. The zero-order valence-electron chi connectivity index (χ0n) is 21.0. The van der Waals surface area contributed by atoms with Crippen molar-refractivity contribution in [1.82, 2.24) is 4.98 Å². The van der Waals surface area contributed by atoms with E-state index >= 15 is 0 Å². The Morgan fingerprint density at radius 1 is 1.11 bits per heavy atom. The van der Waals surface area contributed by atoms with Crippen molar-refractivity contribution in [2.24, 2.45) is 0 Å². The first kappa shape index (κ1) is 25.8. The lowest BCUT2D eigenvalue weighted by molar-refractivity contribution is -0.137. The Labute approximate surface area is 218 Å². The summed E-state index contributed by atoms with van der Waals surface area (Å²) in [5.41, 5.74) is 1.08. The third kappa shape index (κ3) is 5.13. The quantitative estimate of drug-likeness (QED) is 0.455. The highest BCUT2D eigenvalue weighted by atomic mass is 19.4. The van der Waals surface area contributed by atoms with Crippen LogP contribution in [0.1, 0.15) is 40.7 Å². The molecule has 0 bridgehead atoms. The van der Waals surface area contributed by atoms with Gasteiger partial charge in [-0.1, -0.05) is 12.1 Å². The molecule has 2 aliphatic rings. The topological polar surface area (TPSA) is 77.9 Å². The van der Waals surface area contributed by atoms with Gasteiger partial charge in [0, 0.05) is 30.7 Å². The number of amides is 1. The van der Waals surface area contributed by atoms with E-state index in [-0.39, 0.29) is 35.9 Å². The number of nitrogens with zero attached hydrogens (tertiary/aromatic N) is 3. The summed E-state index contributed by atoms with van der Waals surface area (Å²) in [7, 11) is 0. The van der Waals surface area contributed by atoms with Gasteiger partial charge in [0.2, 0.25) is 0 Å². The molecule has 1 saturated heterocycles. The number of nitrogens with one attached hydrogen (secondary N) is 1. The lowest BCUT2D eigenvalue weighted by Gasteiger charge is -2.37. The summed E-state index contributed by atoms with van der Waals surface area (Å²) in [4.78, 5) is 21.3. The smallest absolute Gasteiger partial charge is 0.418 e. The molecule has 1 aromatic heterocycles. The number of alkyl halides is 3. The van der Waals surface area contributed by atoms with Crippen molar-refractivity contribution in [3.8, 4) is 5.75 Å². The summed E-state index contributed by atoms with van der Waals surface area (Å²) >= 11 is 0. The minimum Gasteiger partial charge on any atom is -0.488 e. The molecule has 7 nitrogen and oxygen atoms in total. The zero-order valence-corrected chi connectivity index (χ0v) is 21.0. The number of para-hydroxylation sites is 1. The molecule has 0 radical (unpaired) electrons. The van der Waals surface area contributed by atoms with Crippen molar-refractivity contribution < 1.29 is 27.8 Å². The van der Waals surface area contributed by atoms with Gasteiger partial charge < -0.3 is 25.0 Å². The molecule has 2 aliphatic heterocycles. The molecule has 0 saturated carbocycles. The van der Waals surface area contributed by atoms with Gasteiger partial charge in [0.15, 0.2) is 5.75 Å². The molecule has 200 valence electrons. The monoisotopic (exact) mass is 526 g/mol. The van der Waals surface area contributed by atoms with Gasteiger partial charge in [-0.3, -0.25) is 4.79 Å². The summed E-state index contributed by atoms with van der Waals surface area (Å²) < 4.78 is 47.8. The SMILES string of the molecule is Cc1ccc(N2c3cccc(C(=O)Nc4ccc(N5CCCCC5)c(C(F)(F)F)c4)c3OC[C@@H]2CO)nc1. The number of hydrogen-bond donors (Lipinski definition) is 2. The van der Waals surface area contributed by atoms with Crippen LogP contribution in [0.3, 0.4) is 0 Å². The Morgan fingerprint density at radius 2 is 1.89 bits per heavy atom. The van der Waals surface area contributed by atoms with Crippen molar-refractivity contribution in [3.05, 3.63) is 71.4 Å². The minimum absolute atomic E-state index is 0.0433. The molecule has 1 atom stereocenters. The number of rotatable bonds is 5. The fraction of sp³-hybridized carbons (Fsp3) is 0.357. The van der Waals surface area contributed by atoms with E-state index in [0.717, 1.165) is 30.9 Å². The maximum atomic E-state index is 14.0. The molecule has 2 aromatic carbocycles. The van der Waals surface area contributed by atoms with Crippen LogP contribution in [-0.4, -0.2) is 48.3 Å². The van der Waals surface area contributed by atoms with Crippen LogP contribution in [0, 0.1) is 6.92 Å². The molecule has 10 heteroatoms. The van der Waals surface area contributed by atoms with Crippen LogP contribution in [0.15, 0.2) is 54.7 Å². The van der Waals surface area contributed by atoms with Gasteiger partial charge in [0.1, 0.15) is 12.4 Å². The fourth-order valence-electron chi connectivity index (χ4n) is 4.99. The first-order valence-electron chi connectivity index (χ1n) is 12.6. The van der Waals surface area contributed by atoms with Gasteiger partial charge in [-0.15, -0.1) is 0 Å². The number of carbonyl (C=O) groups is 1. The predicted molar refractivity (Wildman–Crippen MR) is 139 cm³/mol. The number of hydrogen-bond acceptors (Lipinski definition) is 6. The number of aromatic nitrogens is 1. The first-order chi connectivity index (χ1) is 18.3. The number of carbonyl (C=O) groups excluding carboxylic acids is 1. The van der Waals surface area contributed by atoms with Crippen LogP contribution < -0.4 is 19.9 Å². The number of aliphatic hydroxyl groups is 1. The summed E-state index contributed by atoms with van der Waals surface area (Å²) in [5, 5.41) is 12.6. The van der Waals surface area contributed by atoms with Crippen LogP contribution in [0.5, 0.6) is 5.75 Å². The second-order valence-corrected chi connectivity index (χ2v) is 9.60. The van der Waals surface area contributed by atoms with E-state index in [1.807, 2.05) is 24.0 Å². The van der Waals surface area contributed by atoms with E-state index in [0.29, 0.717) is 24.6 Å².